The number of hydrogen-bond acceptors (Lipinski definition) is 6. The maximum absolute atomic E-state index is 12.0. The molecule has 0 atom stereocenters. The van der Waals surface area contributed by atoms with E-state index in [-0.39, 0.29) is 6.61 Å². The Bertz CT molecular complexity index is 666. The molecule has 0 saturated carbocycles. The third-order valence-corrected chi connectivity index (χ3v) is 4.15. The number of benzene rings is 1. The number of esters is 1. The number of rotatable bonds is 4. The van der Waals surface area contributed by atoms with E-state index in [0.717, 1.165) is 10.6 Å². The van der Waals surface area contributed by atoms with Gasteiger partial charge >= 0.3 is 5.97 Å². The van der Waals surface area contributed by atoms with Crippen LogP contribution in [0.15, 0.2) is 12.1 Å². The highest BCUT2D eigenvalue weighted by molar-refractivity contribution is 7.15. The molecule has 0 saturated heterocycles. The molecule has 0 aliphatic rings. The second-order valence-corrected chi connectivity index (χ2v) is 6.04. The topological polar surface area (TPSA) is 77.2 Å². The summed E-state index contributed by atoms with van der Waals surface area (Å²) in [6.45, 7) is 5.93. The minimum absolute atomic E-state index is 0.278. The number of anilines is 3. The van der Waals surface area contributed by atoms with Crippen LogP contribution in [0.1, 0.15) is 27.9 Å². The van der Waals surface area contributed by atoms with Crippen molar-refractivity contribution in [2.45, 2.75) is 20.8 Å². The number of nitrogen functional groups attached to an aromatic ring is 1. The Morgan fingerprint density at radius 2 is 2.19 bits per heavy atom. The lowest BCUT2D eigenvalue weighted by molar-refractivity contribution is 0.0527. The molecule has 2 aromatic rings. The number of carbonyl (C=O) groups is 1. The monoisotopic (exact) mass is 325 g/mol. The van der Waals surface area contributed by atoms with E-state index in [0.29, 0.717) is 27.1 Å². The fraction of sp³-hybridized carbons (Fsp3) is 0.286. The van der Waals surface area contributed by atoms with Gasteiger partial charge in [-0.25, -0.2) is 9.78 Å². The zero-order chi connectivity index (χ0) is 15.6. The van der Waals surface area contributed by atoms with Crippen molar-refractivity contribution in [1.82, 2.24) is 4.98 Å². The summed E-state index contributed by atoms with van der Waals surface area (Å²) in [6, 6.07) is 3.12. The molecule has 0 aliphatic carbocycles. The van der Waals surface area contributed by atoms with E-state index in [1.165, 1.54) is 11.3 Å². The van der Waals surface area contributed by atoms with Crippen molar-refractivity contribution in [2.75, 3.05) is 17.7 Å². The number of aryl methyl sites for hydroxylation is 2. The van der Waals surface area contributed by atoms with Crippen LogP contribution in [0.2, 0.25) is 5.02 Å². The molecule has 1 aromatic heterocycles. The zero-order valence-corrected chi connectivity index (χ0v) is 13.6. The average molecular weight is 326 g/mol. The van der Waals surface area contributed by atoms with E-state index in [9.17, 15) is 4.79 Å². The van der Waals surface area contributed by atoms with Crippen LogP contribution in [0.5, 0.6) is 0 Å². The lowest BCUT2D eigenvalue weighted by atomic mass is 10.1. The molecule has 3 N–H and O–H groups in total. The number of ether oxygens (including phenoxy) is 1. The summed E-state index contributed by atoms with van der Waals surface area (Å²) in [5.74, 6) is -0.473. The van der Waals surface area contributed by atoms with Gasteiger partial charge in [-0.15, -0.1) is 11.3 Å². The van der Waals surface area contributed by atoms with Gasteiger partial charge in [-0.1, -0.05) is 11.6 Å². The van der Waals surface area contributed by atoms with Crippen LogP contribution < -0.4 is 11.1 Å². The molecule has 0 fully saturated rings. The van der Waals surface area contributed by atoms with Gasteiger partial charge in [-0.3, -0.25) is 0 Å². The normalized spacial score (nSPS) is 10.5. The summed E-state index contributed by atoms with van der Waals surface area (Å²) in [4.78, 5) is 17.5. The Labute approximate surface area is 132 Å². The first-order valence-electron chi connectivity index (χ1n) is 6.39. The van der Waals surface area contributed by atoms with Gasteiger partial charge in [0.05, 0.1) is 28.6 Å². The minimum atomic E-state index is -0.473. The number of nitrogens with one attached hydrogen (secondary N) is 1. The molecule has 0 aliphatic heterocycles. The Morgan fingerprint density at radius 3 is 2.76 bits per heavy atom. The summed E-state index contributed by atoms with van der Waals surface area (Å²) in [6.07, 6.45) is 0. The van der Waals surface area contributed by atoms with Crippen molar-refractivity contribution in [1.29, 1.82) is 0 Å². The number of hydrogen-bond donors (Lipinski definition) is 2. The van der Waals surface area contributed by atoms with E-state index in [2.05, 4.69) is 10.3 Å². The number of aromatic nitrogens is 1. The van der Waals surface area contributed by atoms with E-state index in [1.807, 2.05) is 13.8 Å². The Kier molecular flexibility index (Phi) is 4.69. The van der Waals surface area contributed by atoms with Crippen LogP contribution in [0, 0.1) is 13.8 Å². The third-order valence-electron chi connectivity index (χ3n) is 2.87. The van der Waals surface area contributed by atoms with Gasteiger partial charge < -0.3 is 15.8 Å². The summed E-state index contributed by atoms with van der Waals surface area (Å²) in [5.41, 5.74) is 7.85. The van der Waals surface area contributed by atoms with Crippen molar-refractivity contribution in [3.8, 4) is 0 Å². The number of carbonyl (C=O) groups excluding carboxylic acids is 1. The molecule has 0 unspecified atom stereocenters. The second kappa shape index (κ2) is 6.32. The fourth-order valence-electron chi connectivity index (χ4n) is 1.76. The molecular weight excluding hydrogens is 310 g/mol. The number of nitrogens with two attached hydrogens (primary N) is 1. The molecule has 2 rings (SSSR count). The quantitative estimate of drug-likeness (QED) is 0.658. The first-order chi connectivity index (χ1) is 9.92. The molecule has 21 heavy (non-hydrogen) atoms. The molecule has 112 valence electrons. The number of nitrogens with zero attached hydrogens (tertiary/aromatic N) is 1. The van der Waals surface area contributed by atoms with Crippen molar-refractivity contribution >= 4 is 45.4 Å². The molecule has 7 heteroatoms. The standard InChI is InChI=1S/C14H16ClN3O2S/c1-4-20-13(19)10-5-9(16)6-11(15)12(10)18-14-17-7(2)8(3)21-14/h5-6H,4,16H2,1-3H3,(H,17,18). The van der Waals surface area contributed by atoms with Gasteiger partial charge in [0.15, 0.2) is 5.13 Å². The molecule has 0 spiro atoms. The van der Waals surface area contributed by atoms with Crippen LogP contribution >= 0.6 is 22.9 Å². The Balaban J connectivity index is 2.43. The fourth-order valence-corrected chi connectivity index (χ4v) is 2.85. The van der Waals surface area contributed by atoms with Gasteiger partial charge in [0.1, 0.15) is 0 Å². The molecule has 1 aromatic carbocycles. The van der Waals surface area contributed by atoms with Crippen LogP contribution in [0.4, 0.5) is 16.5 Å². The van der Waals surface area contributed by atoms with E-state index >= 15 is 0 Å². The third kappa shape index (κ3) is 3.46. The van der Waals surface area contributed by atoms with Crippen LogP contribution in [0.25, 0.3) is 0 Å². The molecule has 1 heterocycles. The highest BCUT2D eigenvalue weighted by atomic mass is 35.5. The lowest BCUT2D eigenvalue weighted by Crippen LogP contribution is -2.09. The van der Waals surface area contributed by atoms with E-state index < -0.39 is 5.97 Å². The number of halogens is 1. The van der Waals surface area contributed by atoms with Gasteiger partial charge in [0, 0.05) is 10.6 Å². The zero-order valence-electron chi connectivity index (χ0n) is 12.0. The van der Waals surface area contributed by atoms with Crippen molar-refractivity contribution in [2.24, 2.45) is 0 Å². The molecule has 0 bridgehead atoms. The molecule has 5 nitrogen and oxygen atoms in total. The van der Waals surface area contributed by atoms with Crippen LogP contribution in [-0.2, 0) is 4.74 Å². The van der Waals surface area contributed by atoms with Gasteiger partial charge in [-0.05, 0) is 32.9 Å². The Hall–Kier alpha value is -1.79. The van der Waals surface area contributed by atoms with Crippen molar-refractivity contribution in [3.05, 3.63) is 33.3 Å². The van der Waals surface area contributed by atoms with Gasteiger partial charge in [0.25, 0.3) is 0 Å². The molecule has 0 radical (unpaired) electrons. The summed E-state index contributed by atoms with van der Waals surface area (Å²) >= 11 is 7.69. The molecule has 0 amide bonds. The lowest BCUT2D eigenvalue weighted by Gasteiger charge is -2.12. The van der Waals surface area contributed by atoms with Gasteiger partial charge in [0.2, 0.25) is 0 Å². The highest BCUT2D eigenvalue weighted by Gasteiger charge is 2.18. The number of thiazole rings is 1. The van der Waals surface area contributed by atoms with Crippen LogP contribution in [-0.4, -0.2) is 17.6 Å². The van der Waals surface area contributed by atoms with Gasteiger partial charge in [-0.2, -0.15) is 0 Å². The summed E-state index contributed by atoms with van der Waals surface area (Å²) < 4.78 is 5.04. The second-order valence-electron chi connectivity index (χ2n) is 4.43. The maximum atomic E-state index is 12.0. The summed E-state index contributed by atoms with van der Waals surface area (Å²) in [5, 5.41) is 4.11. The maximum Gasteiger partial charge on any atom is 0.340 e. The predicted molar refractivity (Wildman–Crippen MR) is 86.7 cm³/mol. The SMILES string of the molecule is CCOC(=O)c1cc(N)cc(Cl)c1Nc1nc(C)c(C)s1. The highest BCUT2D eigenvalue weighted by Crippen LogP contribution is 2.34. The first kappa shape index (κ1) is 15.6. The first-order valence-corrected chi connectivity index (χ1v) is 7.59. The Morgan fingerprint density at radius 1 is 1.48 bits per heavy atom. The minimum Gasteiger partial charge on any atom is -0.462 e. The molecular formula is C14H16ClN3O2S. The predicted octanol–water partition coefficient (Wildman–Crippen LogP) is 3.92. The van der Waals surface area contributed by atoms with E-state index in [1.54, 1.807) is 19.1 Å². The van der Waals surface area contributed by atoms with Crippen molar-refractivity contribution in [3.63, 3.8) is 0 Å². The average Bonchev–Trinajstić information content (AvgIpc) is 2.71. The van der Waals surface area contributed by atoms with Crippen LogP contribution in [0.3, 0.4) is 0 Å². The summed E-state index contributed by atoms with van der Waals surface area (Å²) in [7, 11) is 0. The smallest absolute Gasteiger partial charge is 0.340 e. The van der Waals surface area contributed by atoms with Crippen molar-refractivity contribution < 1.29 is 9.53 Å². The van der Waals surface area contributed by atoms with E-state index in [4.69, 9.17) is 22.1 Å². The largest absolute Gasteiger partial charge is 0.462 e.